The quantitative estimate of drug-likeness (QED) is 0.786. The van der Waals surface area contributed by atoms with E-state index >= 15 is 0 Å². The zero-order valence-electron chi connectivity index (χ0n) is 11.4. The first-order chi connectivity index (χ1) is 8.19. The van der Waals surface area contributed by atoms with Crippen LogP contribution in [0.5, 0.6) is 0 Å². The summed E-state index contributed by atoms with van der Waals surface area (Å²) in [5.74, 6) is 0.573. The fraction of sp³-hybridized carbons (Fsp3) is 0.600. The molecule has 0 radical (unpaired) electrons. The maximum atomic E-state index is 5.89. The van der Waals surface area contributed by atoms with Crippen LogP contribution in [0.25, 0.3) is 0 Å². The second kappa shape index (κ2) is 7.46. The van der Waals surface area contributed by atoms with E-state index in [2.05, 4.69) is 56.1 Å². The van der Waals surface area contributed by atoms with E-state index in [4.69, 9.17) is 5.73 Å². The summed E-state index contributed by atoms with van der Waals surface area (Å²) in [6, 6.07) is 11.2. The molecule has 0 amide bonds. The number of likely N-dealkylation sites (N-methyl/N-ethyl adjacent to an activating group) is 1. The highest BCUT2D eigenvalue weighted by Gasteiger charge is 2.16. The molecule has 1 rings (SSSR count). The van der Waals surface area contributed by atoms with Gasteiger partial charge in [-0.15, -0.1) is 0 Å². The Kier molecular flexibility index (Phi) is 6.23. The third kappa shape index (κ3) is 4.49. The zero-order chi connectivity index (χ0) is 12.7. The van der Waals surface area contributed by atoms with Gasteiger partial charge in [0.2, 0.25) is 0 Å². The van der Waals surface area contributed by atoms with Crippen LogP contribution in [0.4, 0.5) is 0 Å². The first-order valence-corrected chi connectivity index (χ1v) is 6.64. The summed E-state index contributed by atoms with van der Waals surface area (Å²) in [6.45, 7) is 6.37. The van der Waals surface area contributed by atoms with Crippen molar-refractivity contribution < 1.29 is 0 Å². The van der Waals surface area contributed by atoms with Gasteiger partial charge in [-0.2, -0.15) is 0 Å². The van der Waals surface area contributed by atoms with Crippen LogP contribution in [-0.2, 0) is 0 Å². The molecule has 0 saturated heterocycles. The SMILES string of the molecule is CCCN(C)C(CN)CC(C)c1ccccc1. The Morgan fingerprint density at radius 2 is 1.88 bits per heavy atom. The van der Waals surface area contributed by atoms with E-state index in [0.29, 0.717) is 12.0 Å². The maximum Gasteiger partial charge on any atom is 0.0221 e. The number of rotatable bonds is 7. The molecule has 2 atom stereocenters. The van der Waals surface area contributed by atoms with Crippen LogP contribution < -0.4 is 5.73 Å². The predicted octanol–water partition coefficient (Wildman–Crippen LogP) is 2.85. The van der Waals surface area contributed by atoms with Crippen LogP contribution in [0.15, 0.2) is 30.3 Å². The van der Waals surface area contributed by atoms with Gasteiger partial charge < -0.3 is 10.6 Å². The zero-order valence-corrected chi connectivity index (χ0v) is 11.4. The lowest BCUT2D eigenvalue weighted by Gasteiger charge is -2.29. The van der Waals surface area contributed by atoms with Gasteiger partial charge in [-0.3, -0.25) is 0 Å². The van der Waals surface area contributed by atoms with Crippen molar-refractivity contribution in [3.05, 3.63) is 35.9 Å². The van der Waals surface area contributed by atoms with Crippen LogP contribution in [-0.4, -0.2) is 31.1 Å². The molecule has 0 aliphatic heterocycles. The van der Waals surface area contributed by atoms with Crippen molar-refractivity contribution in [2.45, 2.75) is 38.6 Å². The third-order valence-corrected chi connectivity index (χ3v) is 3.47. The average Bonchev–Trinajstić information content (AvgIpc) is 2.37. The predicted molar refractivity (Wildman–Crippen MR) is 75.2 cm³/mol. The van der Waals surface area contributed by atoms with E-state index in [-0.39, 0.29) is 0 Å². The summed E-state index contributed by atoms with van der Waals surface area (Å²) in [4.78, 5) is 2.39. The Hall–Kier alpha value is -0.860. The lowest BCUT2D eigenvalue weighted by Crippen LogP contribution is -2.39. The fourth-order valence-electron chi connectivity index (χ4n) is 2.32. The Balaban J connectivity index is 2.56. The van der Waals surface area contributed by atoms with Crippen LogP contribution in [0, 0.1) is 0 Å². The number of nitrogens with zero attached hydrogens (tertiary/aromatic N) is 1. The van der Waals surface area contributed by atoms with Crippen molar-refractivity contribution >= 4 is 0 Å². The first kappa shape index (κ1) is 14.2. The van der Waals surface area contributed by atoms with Gasteiger partial charge in [0.25, 0.3) is 0 Å². The maximum absolute atomic E-state index is 5.89. The van der Waals surface area contributed by atoms with Gasteiger partial charge in [-0.05, 0) is 37.9 Å². The summed E-state index contributed by atoms with van der Waals surface area (Å²) in [5.41, 5.74) is 7.30. The average molecular weight is 234 g/mol. The van der Waals surface area contributed by atoms with E-state index in [1.165, 1.54) is 12.0 Å². The smallest absolute Gasteiger partial charge is 0.0221 e. The number of nitrogens with two attached hydrogens (primary N) is 1. The number of benzene rings is 1. The second-order valence-corrected chi connectivity index (χ2v) is 4.92. The molecule has 0 bridgehead atoms. The molecule has 1 aromatic rings. The molecule has 0 aliphatic carbocycles. The van der Waals surface area contributed by atoms with Crippen molar-refractivity contribution in [2.75, 3.05) is 20.1 Å². The number of hydrogen-bond acceptors (Lipinski definition) is 2. The monoisotopic (exact) mass is 234 g/mol. The third-order valence-electron chi connectivity index (χ3n) is 3.47. The van der Waals surface area contributed by atoms with E-state index in [9.17, 15) is 0 Å². The molecule has 0 fully saturated rings. The fourth-order valence-corrected chi connectivity index (χ4v) is 2.32. The molecule has 0 saturated carbocycles. The Bertz CT molecular complexity index is 297. The molecule has 0 aliphatic rings. The molecule has 17 heavy (non-hydrogen) atoms. The van der Waals surface area contributed by atoms with Crippen molar-refractivity contribution in [3.63, 3.8) is 0 Å². The minimum atomic E-state index is 0.491. The molecule has 2 nitrogen and oxygen atoms in total. The van der Waals surface area contributed by atoms with Crippen molar-refractivity contribution in [2.24, 2.45) is 5.73 Å². The van der Waals surface area contributed by atoms with Gasteiger partial charge in [-0.25, -0.2) is 0 Å². The van der Waals surface area contributed by atoms with Crippen LogP contribution >= 0.6 is 0 Å². The minimum absolute atomic E-state index is 0.491. The van der Waals surface area contributed by atoms with E-state index in [1.807, 2.05) is 0 Å². The lowest BCUT2D eigenvalue weighted by atomic mass is 9.93. The topological polar surface area (TPSA) is 29.3 Å². The summed E-state index contributed by atoms with van der Waals surface area (Å²) >= 11 is 0. The van der Waals surface area contributed by atoms with Gasteiger partial charge in [0.1, 0.15) is 0 Å². The van der Waals surface area contributed by atoms with Gasteiger partial charge in [-0.1, -0.05) is 44.2 Å². The van der Waals surface area contributed by atoms with Gasteiger partial charge >= 0.3 is 0 Å². The molecule has 0 heterocycles. The van der Waals surface area contributed by atoms with E-state index < -0.39 is 0 Å². The minimum Gasteiger partial charge on any atom is -0.329 e. The van der Waals surface area contributed by atoms with E-state index in [1.54, 1.807) is 0 Å². The summed E-state index contributed by atoms with van der Waals surface area (Å²) < 4.78 is 0. The molecule has 96 valence electrons. The Labute approximate surface area is 106 Å². The van der Waals surface area contributed by atoms with Crippen LogP contribution in [0.1, 0.15) is 38.2 Å². The molecule has 2 unspecified atom stereocenters. The largest absolute Gasteiger partial charge is 0.329 e. The van der Waals surface area contributed by atoms with Crippen LogP contribution in [0.3, 0.4) is 0 Å². The first-order valence-electron chi connectivity index (χ1n) is 6.64. The molecule has 2 heteroatoms. The van der Waals surface area contributed by atoms with Crippen LogP contribution in [0.2, 0.25) is 0 Å². The molecule has 2 N–H and O–H groups in total. The van der Waals surface area contributed by atoms with Gasteiger partial charge in [0, 0.05) is 12.6 Å². The second-order valence-electron chi connectivity index (χ2n) is 4.92. The summed E-state index contributed by atoms with van der Waals surface area (Å²) in [6.07, 6.45) is 2.32. The van der Waals surface area contributed by atoms with Crippen molar-refractivity contribution in [1.82, 2.24) is 4.90 Å². The summed E-state index contributed by atoms with van der Waals surface area (Å²) in [7, 11) is 2.18. The molecule has 1 aromatic carbocycles. The van der Waals surface area contributed by atoms with Gasteiger partial charge in [0.15, 0.2) is 0 Å². The molecular weight excluding hydrogens is 208 g/mol. The summed E-state index contributed by atoms with van der Waals surface area (Å²) in [5, 5.41) is 0. The van der Waals surface area contributed by atoms with Crippen molar-refractivity contribution in [3.8, 4) is 0 Å². The number of hydrogen-bond donors (Lipinski definition) is 1. The van der Waals surface area contributed by atoms with Gasteiger partial charge in [0.05, 0.1) is 0 Å². The highest BCUT2D eigenvalue weighted by atomic mass is 15.1. The van der Waals surface area contributed by atoms with Crippen molar-refractivity contribution in [1.29, 1.82) is 0 Å². The molecular formula is C15H26N2. The molecule has 0 aromatic heterocycles. The van der Waals surface area contributed by atoms with E-state index in [0.717, 1.165) is 19.5 Å². The lowest BCUT2D eigenvalue weighted by molar-refractivity contribution is 0.227. The standard InChI is InChI=1S/C15H26N2/c1-4-10-17(3)15(12-16)11-13(2)14-8-6-5-7-9-14/h5-9,13,15H,4,10-12,16H2,1-3H3. The highest BCUT2D eigenvalue weighted by Crippen LogP contribution is 2.21. The Morgan fingerprint density at radius 3 is 2.41 bits per heavy atom. The normalized spacial score (nSPS) is 14.9. The Morgan fingerprint density at radius 1 is 1.24 bits per heavy atom. The molecule has 0 spiro atoms. The highest BCUT2D eigenvalue weighted by molar-refractivity contribution is 5.18.